The van der Waals surface area contributed by atoms with Crippen LogP contribution in [-0.2, 0) is 0 Å². The Kier molecular flexibility index (Phi) is 3.64. The van der Waals surface area contributed by atoms with Crippen molar-refractivity contribution in [1.82, 2.24) is 10.1 Å². The smallest absolute Gasteiger partial charge is 0.229 e. The monoisotopic (exact) mass is 249 g/mol. The number of nitrogens with two attached hydrogens (primary N) is 1. The number of nitrogens with zero attached hydrogens (tertiary/aromatic N) is 2. The predicted molar refractivity (Wildman–Crippen MR) is 69.3 cm³/mol. The lowest BCUT2D eigenvalue weighted by atomic mass is 9.86. The van der Waals surface area contributed by atoms with Crippen LogP contribution in [0.3, 0.4) is 0 Å². The minimum atomic E-state index is 0.314. The summed E-state index contributed by atoms with van der Waals surface area (Å²) in [6.07, 6.45) is 10.9. The average Bonchev–Trinajstić information content (AvgIpc) is 2.89. The number of rotatable bonds is 2. The first-order valence-corrected chi connectivity index (χ1v) is 7.42. The second kappa shape index (κ2) is 5.39. The largest absolute Gasteiger partial charge is 0.339 e. The van der Waals surface area contributed by atoms with E-state index >= 15 is 0 Å². The zero-order valence-electron chi connectivity index (χ0n) is 11.0. The lowest BCUT2D eigenvalue weighted by Gasteiger charge is -2.23. The van der Waals surface area contributed by atoms with Crippen molar-refractivity contribution in [1.29, 1.82) is 0 Å². The summed E-state index contributed by atoms with van der Waals surface area (Å²) >= 11 is 0. The second-order valence-corrected chi connectivity index (χ2v) is 5.95. The van der Waals surface area contributed by atoms with E-state index in [2.05, 4.69) is 10.1 Å². The van der Waals surface area contributed by atoms with Gasteiger partial charge in [-0.05, 0) is 32.1 Å². The van der Waals surface area contributed by atoms with E-state index in [1.54, 1.807) is 0 Å². The van der Waals surface area contributed by atoms with Gasteiger partial charge >= 0.3 is 0 Å². The van der Waals surface area contributed by atoms with Crippen LogP contribution in [0.25, 0.3) is 0 Å². The third-order valence-corrected chi connectivity index (χ3v) is 4.49. The minimum Gasteiger partial charge on any atom is -0.339 e. The quantitative estimate of drug-likeness (QED) is 0.874. The molecule has 1 heterocycles. The maximum Gasteiger partial charge on any atom is 0.229 e. The maximum absolute atomic E-state index is 6.02. The third-order valence-electron chi connectivity index (χ3n) is 4.49. The van der Waals surface area contributed by atoms with E-state index in [0.717, 1.165) is 31.0 Å². The van der Waals surface area contributed by atoms with Crippen molar-refractivity contribution in [2.45, 2.75) is 75.7 Å². The molecule has 0 radical (unpaired) electrons. The topological polar surface area (TPSA) is 64.9 Å². The Morgan fingerprint density at radius 3 is 2.50 bits per heavy atom. The zero-order valence-corrected chi connectivity index (χ0v) is 11.0. The van der Waals surface area contributed by atoms with Crippen LogP contribution < -0.4 is 5.73 Å². The van der Waals surface area contributed by atoms with E-state index in [9.17, 15) is 0 Å². The number of hydrogen-bond donors (Lipinski definition) is 1. The molecule has 2 unspecified atom stereocenters. The molecule has 3 rings (SSSR count). The molecule has 2 fully saturated rings. The maximum atomic E-state index is 6.02. The summed E-state index contributed by atoms with van der Waals surface area (Å²) in [6, 6.07) is 0.314. The van der Waals surface area contributed by atoms with Gasteiger partial charge in [0, 0.05) is 17.9 Å². The van der Waals surface area contributed by atoms with E-state index in [0.29, 0.717) is 17.9 Å². The van der Waals surface area contributed by atoms with Crippen molar-refractivity contribution in [2.75, 3.05) is 0 Å². The van der Waals surface area contributed by atoms with Gasteiger partial charge in [0.25, 0.3) is 0 Å². The van der Waals surface area contributed by atoms with E-state index in [-0.39, 0.29) is 0 Å². The Hall–Kier alpha value is -0.900. The Bertz CT molecular complexity index is 384. The average molecular weight is 249 g/mol. The van der Waals surface area contributed by atoms with Crippen molar-refractivity contribution in [3.63, 3.8) is 0 Å². The molecule has 2 saturated carbocycles. The molecule has 0 bridgehead atoms. The van der Waals surface area contributed by atoms with Gasteiger partial charge in [-0.25, -0.2) is 0 Å². The van der Waals surface area contributed by atoms with Gasteiger partial charge in [-0.15, -0.1) is 0 Å². The standard InChI is InChI=1S/C14H23N3O/c15-12-8-4-7-11(9-12)14-16-13(17-18-14)10-5-2-1-3-6-10/h10-12H,1-9,15H2. The molecule has 1 aromatic heterocycles. The molecular formula is C14H23N3O. The van der Waals surface area contributed by atoms with E-state index < -0.39 is 0 Å². The van der Waals surface area contributed by atoms with Gasteiger partial charge in [-0.3, -0.25) is 0 Å². The van der Waals surface area contributed by atoms with E-state index in [4.69, 9.17) is 10.3 Å². The molecule has 0 aromatic carbocycles. The summed E-state index contributed by atoms with van der Waals surface area (Å²) in [5.74, 6) is 2.72. The second-order valence-electron chi connectivity index (χ2n) is 5.95. The van der Waals surface area contributed by atoms with Crippen LogP contribution in [0.5, 0.6) is 0 Å². The van der Waals surface area contributed by atoms with Crippen molar-refractivity contribution < 1.29 is 4.52 Å². The minimum absolute atomic E-state index is 0.314. The van der Waals surface area contributed by atoms with Crippen LogP contribution in [0.1, 0.15) is 81.3 Å². The van der Waals surface area contributed by atoms with Crippen LogP contribution in [0, 0.1) is 0 Å². The summed E-state index contributed by atoms with van der Waals surface area (Å²) in [5.41, 5.74) is 6.02. The molecule has 0 aliphatic heterocycles. The fourth-order valence-electron chi connectivity index (χ4n) is 3.39. The van der Waals surface area contributed by atoms with Crippen LogP contribution in [-0.4, -0.2) is 16.2 Å². The first kappa shape index (κ1) is 12.2. The fourth-order valence-corrected chi connectivity index (χ4v) is 3.39. The third kappa shape index (κ3) is 2.58. The highest BCUT2D eigenvalue weighted by Gasteiger charge is 2.27. The van der Waals surface area contributed by atoms with Gasteiger partial charge in [-0.1, -0.05) is 30.8 Å². The summed E-state index contributed by atoms with van der Waals surface area (Å²) in [7, 11) is 0. The zero-order chi connectivity index (χ0) is 12.4. The Labute approximate surface area is 108 Å². The lowest BCUT2D eigenvalue weighted by Crippen LogP contribution is -2.27. The van der Waals surface area contributed by atoms with Crippen LogP contribution in [0.15, 0.2) is 4.52 Å². The van der Waals surface area contributed by atoms with Crippen molar-refractivity contribution in [3.8, 4) is 0 Å². The highest BCUT2D eigenvalue weighted by Crippen LogP contribution is 2.34. The van der Waals surface area contributed by atoms with Gasteiger partial charge in [0.1, 0.15) is 0 Å². The van der Waals surface area contributed by atoms with Gasteiger partial charge in [0.2, 0.25) is 5.89 Å². The molecule has 2 atom stereocenters. The molecule has 4 nitrogen and oxygen atoms in total. The van der Waals surface area contributed by atoms with Gasteiger partial charge in [0.05, 0.1) is 0 Å². The molecule has 0 spiro atoms. The van der Waals surface area contributed by atoms with E-state index in [1.165, 1.54) is 38.5 Å². The molecule has 2 aliphatic carbocycles. The summed E-state index contributed by atoms with van der Waals surface area (Å²) < 4.78 is 5.49. The van der Waals surface area contributed by atoms with Crippen LogP contribution in [0.4, 0.5) is 0 Å². The Balaban J connectivity index is 1.68. The highest BCUT2D eigenvalue weighted by molar-refractivity contribution is 5.02. The normalized spacial score (nSPS) is 30.5. The molecular weight excluding hydrogens is 226 g/mol. The SMILES string of the molecule is NC1CCCC(c2nc(C3CCCCC3)no2)C1. The molecule has 2 N–H and O–H groups in total. The summed E-state index contributed by atoms with van der Waals surface area (Å²) in [5, 5.41) is 4.21. The summed E-state index contributed by atoms with van der Waals surface area (Å²) in [4.78, 5) is 4.66. The first-order valence-electron chi connectivity index (χ1n) is 7.42. The van der Waals surface area contributed by atoms with E-state index in [1.807, 2.05) is 0 Å². The van der Waals surface area contributed by atoms with Gasteiger partial charge in [0.15, 0.2) is 5.82 Å². The summed E-state index contributed by atoms with van der Waals surface area (Å²) in [6.45, 7) is 0. The number of hydrogen-bond acceptors (Lipinski definition) is 4. The molecule has 18 heavy (non-hydrogen) atoms. The number of aromatic nitrogens is 2. The predicted octanol–water partition coefficient (Wildman–Crippen LogP) is 3.10. The van der Waals surface area contributed by atoms with Crippen LogP contribution in [0.2, 0.25) is 0 Å². The molecule has 4 heteroatoms. The van der Waals surface area contributed by atoms with Crippen LogP contribution >= 0.6 is 0 Å². The van der Waals surface area contributed by atoms with Crippen molar-refractivity contribution in [3.05, 3.63) is 11.7 Å². The van der Waals surface area contributed by atoms with Gasteiger partial charge < -0.3 is 10.3 Å². The lowest BCUT2D eigenvalue weighted by molar-refractivity contribution is 0.295. The van der Waals surface area contributed by atoms with Crippen molar-refractivity contribution >= 4 is 0 Å². The molecule has 2 aliphatic rings. The molecule has 100 valence electrons. The molecule has 0 saturated heterocycles. The fraction of sp³-hybridized carbons (Fsp3) is 0.857. The first-order chi connectivity index (χ1) is 8.83. The molecule has 0 amide bonds. The van der Waals surface area contributed by atoms with Crippen molar-refractivity contribution in [2.24, 2.45) is 5.73 Å². The highest BCUT2D eigenvalue weighted by atomic mass is 16.5. The van der Waals surface area contributed by atoms with Gasteiger partial charge in [-0.2, -0.15) is 4.98 Å². The molecule has 1 aromatic rings. The Morgan fingerprint density at radius 2 is 1.72 bits per heavy atom. The Morgan fingerprint density at radius 1 is 0.944 bits per heavy atom.